The number of fused-ring (bicyclic) bond motifs is 3. The van der Waals surface area contributed by atoms with Crippen LogP contribution in [0.3, 0.4) is 0 Å². The zero-order valence-corrected chi connectivity index (χ0v) is 18.8. The molecule has 6 rings (SSSR count). The first-order valence-corrected chi connectivity index (χ1v) is 12.4. The largest absolute Gasteiger partial charge is 0.467 e. The fraction of sp³-hybridized carbons (Fsp3) is 0.455. The molecule has 1 unspecified atom stereocenters. The van der Waals surface area contributed by atoms with Crippen LogP contribution in [0.25, 0.3) is 10.2 Å². The van der Waals surface area contributed by atoms with E-state index in [0.717, 1.165) is 53.9 Å². The van der Waals surface area contributed by atoms with E-state index in [-0.39, 0.29) is 10.8 Å². The molecule has 7 nitrogen and oxygen atoms in total. The number of rotatable bonds is 6. The molecule has 31 heavy (non-hydrogen) atoms. The third kappa shape index (κ3) is 3.53. The van der Waals surface area contributed by atoms with Gasteiger partial charge in [-0.05, 0) is 63.1 Å². The van der Waals surface area contributed by atoms with Gasteiger partial charge in [0.15, 0.2) is 11.0 Å². The van der Waals surface area contributed by atoms with Gasteiger partial charge in [-0.3, -0.25) is 9.36 Å². The van der Waals surface area contributed by atoms with E-state index in [0.29, 0.717) is 23.5 Å². The maximum Gasteiger partial charge on any atom is 0.263 e. The van der Waals surface area contributed by atoms with Crippen LogP contribution in [0.15, 0.2) is 37.3 Å². The molecule has 0 amide bonds. The molecule has 0 bridgehead atoms. The lowest BCUT2D eigenvalue weighted by Gasteiger charge is -2.14. The van der Waals surface area contributed by atoms with Crippen molar-refractivity contribution in [3.8, 4) is 0 Å². The number of thioether (sulfide) groups is 1. The van der Waals surface area contributed by atoms with Gasteiger partial charge < -0.3 is 8.94 Å². The van der Waals surface area contributed by atoms with Crippen LogP contribution < -0.4 is 5.56 Å². The molecule has 4 aromatic rings. The van der Waals surface area contributed by atoms with E-state index in [2.05, 4.69) is 10.1 Å². The average Bonchev–Trinajstić information content (AvgIpc) is 3.18. The second kappa shape index (κ2) is 7.63. The molecule has 1 atom stereocenters. The molecule has 1 saturated carbocycles. The van der Waals surface area contributed by atoms with E-state index in [1.165, 1.54) is 28.6 Å². The summed E-state index contributed by atoms with van der Waals surface area (Å²) in [6.45, 7) is 2.37. The summed E-state index contributed by atoms with van der Waals surface area (Å²) in [5, 5.41) is 5.47. The van der Waals surface area contributed by atoms with Crippen LogP contribution in [-0.2, 0) is 19.4 Å². The summed E-state index contributed by atoms with van der Waals surface area (Å²) in [6.07, 6.45) is 8.20. The maximum atomic E-state index is 13.7. The minimum atomic E-state index is -0.109. The molecule has 4 aromatic heterocycles. The first-order chi connectivity index (χ1) is 15.2. The highest BCUT2D eigenvalue weighted by Gasteiger charge is 2.30. The lowest BCUT2D eigenvalue weighted by molar-refractivity contribution is 0.374. The Balaban J connectivity index is 1.42. The van der Waals surface area contributed by atoms with Crippen molar-refractivity contribution in [3.63, 3.8) is 0 Å². The lowest BCUT2D eigenvalue weighted by atomic mass is 9.97. The Labute approximate surface area is 186 Å². The van der Waals surface area contributed by atoms with Crippen molar-refractivity contribution in [2.75, 3.05) is 0 Å². The number of aromatic nitrogens is 4. The van der Waals surface area contributed by atoms with Crippen molar-refractivity contribution in [1.82, 2.24) is 19.7 Å². The van der Waals surface area contributed by atoms with Gasteiger partial charge >= 0.3 is 0 Å². The Morgan fingerprint density at radius 3 is 2.97 bits per heavy atom. The monoisotopic (exact) mass is 454 g/mol. The van der Waals surface area contributed by atoms with Crippen molar-refractivity contribution in [1.29, 1.82) is 0 Å². The molecule has 0 aliphatic heterocycles. The van der Waals surface area contributed by atoms with Gasteiger partial charge in [0.25, 0.3) is 5.56 Å². The van der Waals surface area contributed by atoms with Crippen LogP contribution in [0, 0.1) is 0 Å². The highest BCUT2D eigenvalue weighted by Crippen LogP contribution is 2.41. The van der Waals surface area contributed by atoms with Crippen LogP contribution in [0.4, 0.5) is 0 Å². The highest BCUT2D eigenvalue weighted by atomic mass is 32.2. The van der Waals surface area contributed by atoms with Gasteiger partial charge in [0.05, 0.1) is 23.4 Å². The van der Waals surface area contributed by atoms with Crippen LogP contribution >= 0.6 is 23.1 Å². The van der Waals surface area contributed by atoms with Gasteiger partial charge in [-0.1, -0.05) is 16.9 Å². The normalized spacial score (nSPS) is 17.2. The smallest absolute Gasteiger partial charge is 0.263 e. The molecule has 0 radical (unpaired) electrons. The highest BCUT2D eigenvalue weighted by molar-refractivity contribution is 7.99. The fourth-order valence-electron chi connectivity index (χ4n) is 4.14. The van der Waals surface area contributed by atoms with Crippen LogP contribution in [0.5, 0.6) is 0 Å². The van der Waals surface area contributed by atoms with Crippen molar-refractivity contribution in [2.45, 2.75) is 68.3 Å². The van der Waals surface area contributed by atoms with Gasteiger partial charge in [0.1, 0.15) is 10.6 Å². The Bertz CT molecular complexity index is 1300. The number of hydrogen-bond donors (Lipinski definition) is 0. The van der Waals surface area contributed by atoms with Gasteiger partial charge in [-0.25, -0.2) is 4.98 Å². The van der Waals surface area contributed by atoms with Gasteiger partial charge in [-0.15, -0.1) is 11.3 Å². The van der Waals surface area contributed by atoms with E-state index in [4.69, 9.17) is 13.9 Å². The predicted octanol–water partition coefficient (Wildman–Crippen LogP) is 5.09. The minimum Gasteiger partial charge on any atom is -0.467 e. The molecule has 160 valence electrons. The van der Waals surface area contributed by atoms with Gasteiger partial charge in [-0.2, -0.15) is 4.98 Å². The molecule has 0 N–H and O–H groups in total. The SMILES string of the molecule is CC(Sc1nc2sc3c(c2c(=O)n1Cc1ccco1)CCCC3)c1nc(C2CC2)no1. The van der Waals surface area contributed by atoms with Gasteiger partial charge in [0, 0.05) is 10.8 Å². The second-order valence-corrected chi connectivity index (χ2v) is 10.7. The maximum absolute atomic E-state index is 13.7. The van der Waals surface area contributed by atoms with Crippen molar-refractivity contribution < 1.29 is 8.94 Å². The lowest BCUT2D eigenvalue weighted by Crippen LogP contribution is -2.24. The van der Waals surface area contributed by atoms with Crippen LogP contribution in [-0.4, -0.2) is 19.7 Å². The summed E-state index contributed by atoms with van der Waals surface area (Å²) in [5.74, 6) is 2.55. The van der Waals surface area contributed by atoms with Crippen LogP contribution in [0.2, 0.25) is 0 Å². The van der Waals surface area contributed by atoms with Gasteiger partial charge in [0.2, 0.25) is 5.89 Å². The van der Waals surface area contributed by atoms with E-state index < -0.39 is 0 Å². The van der Waals surface area contributed by atoms with Crippen molar-refractivity contribution >= 4 is 33.3 Å². The molecular formula is C22H22N4O3S2. The first-order valence-electron chi connectivity index (χ1n) is 10.7. The Kier molecular flexibility index (Phi) is 4.75. The van der Waals surface area contributed by atoms with E-state index in [9.17, 15) is 4.79 Å². The zero-order valence-electron chi connectivity index (χ0n) is 17.2. The fourth-order valence-corrected chi connectivity index (χ4v) is 6.38. The first kappa shape index (κ1) is 19.3. The molecule has 4 heterocycles. The summed E-state index contributed by atoms with van der Waals surface area (Å²) in [6, 6.07) is 3.73. The molecule has 9 heteroatoms. The van der Waals surface area contributed by atoms with Crippen LogP contribution in [0.1, 0.15) is 71.7 Å². The molecular weight excluding hydrogens is 432 g/mol. The molecule has 0 saturated heterocycles. The predicted molar refractivity (Wildman–Crippen MR) is 119 cm³/mol. The summed E-state index contributed by atoms with van der Waals surface area (Å²) in [7, 11) is 0. The number of nitrogens with zero attached hydrogens (tertiary/aromatic N) is 4. The third-order valence-corrected chi connectivity index (χ3v) is 8.23. The summed E-state index contributed by atoms with van der Waals surface area (Å²) in [5.41, 5.74) is 1.22. The summed E-state index contributed by atoms with van der Waals surface area (Å²) < 4.78 is 12.8. The molecule has 2 aliphatic carbocycles. The second-order valence-electron chi connectivity index (χ2n) is 8.28. The minimum absolute atomic E-state index is 0.0136. The summed E-state index contributed by atoms with van der Waals surface area (Å²) >= 11 is 3.16. The Hall–Kier alpha value is -2.39. The summed E-state index contributed by atoms with van der Waals surface area (Å²) in [4.78, 5) is 25.3. The molecule has 1 fully saturated rings. The molecule has 0 spiro atoms. The van der Waals surface area contributed by atoms with E-state index >= 15 is 0 Å². The van der Waals surface area contributed by atoms with Crippen molar-refractivity contribution in [3.05, 3.63) is 56.7 Å². The molecule has 0 aromatic carbocycles. The number of furan rings is 1. The average molecular weight is 455 g/mol. The third-order valence-electron chi connectivity index (χ3n) is 5.96. The number of thiophene rings is 1. The molecule has 2 aliphatic rings. The number of aryl methyl sites for hydroxylation is 2. The number of hydrogen-bond acceptors (Lipinski definition) is 8. The van der Waals surface area contributed by atoms with Crippen molar-refractivity contribution in [2.24, 2.45) is 0 Å². The van der Waals surface area contributed by atoms with E-state index in [1.54, 1.807) is 22.2 Å². The zero-order chi connectivity index (χ0) is 20.9. The van der Waals surface area contributed by atoms with E-state index in [1.807, 2.05) is 19.1 Å². The Morgan fingerprint density at radius 1 is 1.29 bits per heavy atom. The Morgan fingerprint density at radius 2 is 2.16 bits per heavy atom. The standard InChI is InChI=1S/C22H22N4O3S2/c1-12(19-23-18(25-29-19)13-8-9-13)30-22-24-20-17(15-6-2-3-7-16(15)31-20)21(27)26(22)11-14-5-4-10-28-14/h4-5,10,12-13H,2-3,6-9,11H2,1H3. The quantitative estimate of drug-likeness (QED) is 0.296. The topological polar surface area (TPSA) is 87.0 Å².